The van der Waals surface area contributed by atoms with Gasteiger partial charge in [-0.25, -0.2) is 4.98 Å². The zero-order valence-corrected chi connectivity index (χ0v) is 14.4. The van der Waals surface area contributed by atoms with Gasteiger partial charge < -0.3 is 10.1 Å². The Morgan fingerprint density at radius 1 is 1.40 bits per heavy atom. The molecule has 1 aliphatic heterocycles. The van der Waals surface area contributed by atoms with E-state index in [9.17, 15) is 4.79 Å². The standard InChI is InChI=1S/C18H21N5O2/c1-3-4-13-15-16(23(2)22-13)17(24)21-18(20-15)19-10-11-5-6-14-12(9-11)7-8-25-14/h5-6,9H,3-4,7-8,10H2,1-2H3,(H2,19,20,21,24). The number of hydrogen-bond acceptors (Lipinski definition) is 5. The molecule has 0 unspecified atom stereocenters. The summed E-state index contributed by atoms with van der Waals surface area (Å²) in [5.74, 6) is 1.44. The normalized spacial score (nSPS) is 13.0. The summed E-state index contributed by atoms with van der Waals surface area (Å²) in [7, 11) is 1.78. The molecule has 7 nitrogen and oxygen atoms in total. The average Bonchev–Trinajstić information content (AvgIpc) is 3.18. The summed E-state index contributed by atoms with van der Waals surface area (Å²) in [5.41, 5.74) is 4.25. The van der Waals surface area contributed by atoms with Crippen molar-refractivity contribution in [3.63, 3.8) is 0 Å². The van der Waals surface area contributed by atoms with Crippen molar-refractivity contribution in [2.75, 3.05) is 11.9 Å². The van der Waals surface area contributed by atoms with Crippen LogP contribution < -0.4 is 15.6 Å². The number of rotatable bonds is 5. The first-order valence-electron chi connectivity index (χ1n) is 8.60. The first-order chi connectivity index (χ1) is 12.2. The van der Waals surface area contributed by atoms with E-state index in [1.807, 2.05) is 12.1 Å². The molecule has 0 radical (unpaired) electrons. The van der Waals surface area contributed by atoms with Crippen molar-refractivity contribution in [1.29, 1.82) is 0 Å². The van der Waals surface area contributed by atoms with Crippen molar-refractivity contribution in [3.8, 4) is 5.75 Å². The zero-order chi connectivity index (χ0) is 17.4. The van der Waals surface area contributed by atoms with Gasteiger partial charge in [-0.3, -0.25) is 14.5 Å². The van der Waals surface area contributed by atoms with Crippen LogP contribution >= 0.6 is 0 Å². The van der Waals surface area contributed by atoms with Crippen LogP contribution in [0.3, 0.4) is 0 Å². The van der Waals surface area contributed by atoms with Crippen LogP contribution in [0.25, 0.3) is 11.0 Å². The number of aryl methyl sites for hydroxylation is 2. The molecule has 0 saturated heterocycles. The second-order valence-electron chi connectivity index (χ2n) is 6.33. The van der Waals surface area contributed by atoms with Crippen molar-refractivity contribution >= 4 is 17.0 Å². The molecular weight excluding hydrogens is 318 g/mol. The maximum Gasteiger partial charge on any atom is 0.278 e. The van der Waals surface area contributed by atoms with Gasteiger partial charge in [-0.2, -0.15) is 5.10 Å². The highest BCUT2D eigenvalue weighted by Crippen LogP contribution is 2.26. The topological polar surface area (TPSA) is 84.8 Å². The van der Waals surface area contributed by atoms with Gasteiger partial charge in [0.15, 0.2) is 5.52 Å². The second-order valence-corrected chi connectivity index (χ2v) is 6.33. The van der Waals surface area contributed by atoms with Gasteiger partial charge >= 0.3 is 0 Å². The predicted molar refractivity (Wildman–Crippen MR) is 96.1 cm³/mol. The fourth-order valence-corrected chi connectivity index (χ4v) is 3.27. The number of nitrogens with zero attached hydrogens (tertiary/aromatic N) is 3. The highest BCUT2D eigenvalue weighted by Gasteiger charge is 2.15. The van der Waals surface area contributed by atoms with Crippen LogP contribution in [0.4, 0.5) is 5.95 Å². The Kier molecular flexibility index (Phi) is 3.91. The monoisotopic (exact) mass is 339 g/mol. The SMILES string of the molecule is CCCc1nn(C)c2c(=O)[nH]c(NCc3ccc4c(c3)CCO4)nc12. The molecule has 1 aromatic carbocycles. The molecule has 4 rings (SSSR count). The molecule has 2 aromatic heterocycles. The molecule has 2 N–H and O–H groups in total. The van der Waals surface area contributed by atoms with Crippen LogP contribution in [-0.4, -0.2) is 26.4 Å². The second kappa shape index (κ2) is 6.23. The van der Waals surface area contributed by atoms with E-state index in [2.05, 4.69) is 33.4 Å². The third-order valence-electron chi connectivity index (χ3n) is 4.46. The maximum atomic E-state index is 12.4. The Balaban J connectivity index is 1.61. The molecule has 1 aliphatic rings. The van der Waals surface area contributed by atoms with E-state index in [-0.39, 0.29) is 5.56 Å². The molecule has 0 fully saturated rings. The molecule has 0 bridgehead atoms. The van der Waals surface area contributed by atoms with E-state index >= 15 is 0 Å². The number of ether oxygens (including phenoxy) is 1. The molecule has 0 atom stereocenters. The predicted octanol–water partition coefficient (Wildman–Crippen LogP) is 2.16. The molecule has 0 saturated carbocycles. The number of benzene rings is 1. The van der Waals surface area contributed by atoms with E-state index in [0.717, 1.165) is 42.9 Å². The molecule has 0 aliphatic carbocycles. The summed E-state index contributed by atoms with van der Waals surface area (Å²) in [4.78, 5) is 19.8. The lowest BCUT2D eigenvalue weighted by Gasteiger charge is -2.07. The first kappa shape index (κ1) is 15.7. The van der Waals surface area contributed by atoms with Crippen molar-refractivity contribution in [2.24, 2.45) is 7.05 Å². The van der Waals surface area contributed by atoms with Crippen molar-refractivity contribution < 1.29 is 4.74 Å². The summed E-state index contributed by atoms with van der Waals surface area (Å²) in [5, 5.41) is 7.65. The quantitative estimate of drug-likeness (QED) is 0.744. The number of aromatic nitrogens is 4. The van der Waals surface area contributed by atoms with E-state index in [1.165, 1.54) is 5.56 Å². The van der Waals surface area contributed by atoms with Gasteiger partial charge in [0.25, 0.3) is 5.56 Å². The van der Waals surface area contributed by atoms with Crippen LogP contribution in [0.5, 0.6) is 5.75 Å². The molecule has 0 spiro atoms. The number of H-pyrrole nitrogens is 1. The molecular formula is C18H21N5O2. The minimum Gasteiger partial charge on any atom is -0.493 e. The van der Waals surface area contributed by atoms with Gasteiger partial charge in [-0.15, -0.1) is 0 Å². The summed E-state index contributed by atoms with van der Waals surface area (Å²) >= 11 is 0. The number of aromatic amines is 1. The fraction of sp³-hybridized carbons (Fsp3) is 0.389. The summed E-state index contributed by atoms with van der Waals surface area (Å²) in [6.07, 6.45) is 2.71. The van der Waals surface area contributed by atoms with Crippen molar-refractivity contribution in [2.45, 2.75) is 32.7 Å². The Labute approximate surface area is 145 Å². The van der Waals surface area contributed by atoms with Crippen LogP contribution in [0.1, 0.15) is 30.2 Å². The zero-order valence-electron chi connectivity index (χ0n) is 14.4. The third kappa shape index (κ3) is 2.86. The first-order valence-corrected chi connectivity index (χ1v) is 8.60. The van der Waals surface area contributed by atoms with E-state index in [0.29, 0.717) is 23.5 Å². The molecule has 3 heterocycles. The highest BCUT2D eigenvalue weighted by atomic mass is 16.5. The van der Waals surface area contributed by atoms with Gasteiger partial charge in [-0.1, -0.05) is 25.5 Å². The smallest absolute Gasteiger partial charge is 0.278 e. The van der Waals surface area contributed by atoms with Gasteiger partial charge in [0.1, 0.15) is 11.3 Å². The third-order valence-corrected chi connectivity index (χ3v) is 4.46. The van der Waals surface area contributed by atoms with Gasteiger partial charge in [0.2, 0.25) is 5.95 Å². The Morgan fingerprint density at radius 2 is 2.28 bits per heavy atom. The van der Waals surface area contributed by atoms with E-state index in [1.54, 1.807) is 11.7 Å². The number of nitrogens with one attached hydrogen (secondary N) is 2. The summed E-state index contributed by atoms with van der Waals surface area (Å²) in [6.45, 7) is 3.43. The van der Waals surface area contributed by atoms with E-state index in [4.69, 9.17) is 4.74 Å². The number of fused-ring (bicyclic) bond motifs is 2. The summed E-state index contributed by atoms with van der Waals surface area (Å²) in [6, 6.07) is 6.16. The van der Waals surface area contributed by atoms with Gasteiger partial charge in [0.05, 0.1) is 12.3 Å². The Morgan fingerprint density at radius 3 is 3.12 bits per heavy atom. The summed E-state index contributed by atoms with van der Waals surface area (Å²) < 4.78 is 7.14. The van der Waals surface area contributed by atoms with Crippen LogP contribution in [0, 0.1) is 0 Å². The van der Waals surface area contributed by atoms with Gasteiger partial charge in [0, 0.05) is 20.0 Å². The van der Waals surface area contributed by atoms with Gasteiger partial charge in [-0.05, 0) is 23.6 Å². The number of hydrogen-bond donors (Lipinski definition) is 2. The lowest BCUT2D eigenvalue weighted by molar-refractivity contribution is 0.357. The maximum absolute atomic E-state index is 12.4. The van der Waals surface area contributed by atoms with Crippen molar-refractivity contribution in [1.82, 2.24) is 19.7 Å². The molecule has 3 aromatic rings. The molecule has 130 valence electrons. The van der Waals surface area contributed by atoms with Crippen LogP contribution in [-0.2, 0) is 26.4 Å². The Hall–Kier alpha value is -2.83. The lowest BCUT2D eigenvalue weighted by Crippen LogP contribution is -2.15. The highest BCUT2D eigenvalue weighted by molar-refractivity contribution is 5.77. The Bertz CT molecular complexity index is 989. The van der Waals surface area contributed by atoms with Crippen LogP contribution in [0.15, 0.2) is 23.0 Å². The van der Waals surface area contributed by atoms with Crippen LogP contribution in [0.2, 0.25) is 0 Å². The molecule has 25 heavy (non-hydrogen) atoms. The lowest BCUT2D eigenvalue weighted by atomic mass is 10.1. The minimum absolute atomic E-state index is 0.174. The number of anilines is 1. The van der Waals surface area contributed by atoms with Crippen molar-refractivity contribution in [3.05, 3.63) is 45.4 Å². The van der Waals surface area contributed by atoms with E-state index < -0.39 is 0 Å². The molecule has 0 amide bonds. The largest absolute Gasteiger partial charge is 0.493 e. The average molecular weight is 339 g/mol. The fourth-order valence-electron chi connectivity index (χ4n) is 3.27. The minimum atomic E-state index is -0.174. The molecule has 7 heteroatoms.